The van der Waals surface area contributed by atoms with Crippen LogP contribution in [-0.4, -0.2) is 45.1 Å². The van der Waals surface area contributed by atoms with E-state index in [2.05, 4.69) is 15.3 Å². The third-order valence-electron chi connectivity index (χ3n) is 2.59. The normalized spacial score (nSPS) is 12.2. The second-order valence-corrected chi connectivity index (χ2v) is 4.86. The number of carboxylic acid groups (broad SMARTS) is 1. The molecule has 7 heteroatoms. The largest absolute Gasteiger partial charge is 0.480 e. The van der Waals surface area contributed by atoms with E-state index in [1.807, 2.05) is 13.8 Å². The van der Waals surface area contributed by atoms with Crippen molar-refractivity contribution in [2.75, 3.05) is 7.05 Å². The number of nitrogens with one attached hydrogen (secondary N) is 2. The summed E-state index contributed by atoms with van der Waals surface area (Å²) >= 11 is 0. The summed E-state index contributed by atoms with van der Waals surface area (Å²) < 4.78 is 0. The highest BCUT2D eigenvalue weighted by atomic mass is 16.4. The lowest BCUT2D eigenvalue weighted by Gasteiger charge is -2.21. The van der Waals surface area contributed by atoms with E-state index in [9.17, 15) is 9.59 Å². The van der Waals surface area contributed by atoms with Gasteiger partial charge in [0.25, 0.3) is 0 Å². The standard InChI is InChI=1S/C12H20N4O3/c1-8(2)6-9(11(17)18)15-12(19)16(3)7-10-13-4-5-14-10/h4-5,8-9H,6-7H2,1-3H3,(H,13,14)(H,15,19)(H,17,18)/t9-/m1/s1. The number of imidazole rings is 1. The fraction of sp³-hybridized carbons (Fsp3) is 0.583. The number of aliphatic carboxylic acids is 1. The van der Waals surface area contributed by atoms with Crippen molar-refractivity contribution in [2.24, 2.45) is 5.92 Å². The molecule has 0 saturated carbocycles. The van der Waals surface area contributed by atoms with Crippen LogP contribution in [0.15, 0.2) is 12.4 Å². The van der Waals surface area contributed by atoms with Crippen molar-refractivity contribution in [1.29, 1.82) is 0 Å². The molecular weight excluding hydrogens is 248 g/mol. The van der Waals surface area contributed by atoms with Gasteiger partial charge in [-0.1, -0.05) is 13.8 Å². The van der Waals surface area contributed by atoms with Crippen molar-refractivity contribution in [3.8, 4) is 0 Å². The van der Waals surface area contributed by atoms with E-state index in [0.717, 1.165) is 0 Å². The number of hydrogen-bond donors (Lipinski definition) is 3. The minimum Gasteiger partial charge on any atom is -0.480 e. The highest BCUT2D eigenvalue weighted by Gasteiger charge is 2.22. The van der Waals surface area contributed by atoms with Gasteiger partial charge in [-0.05, 0) is 12.3 Å². The molecule has 19 heavy (non-hydrogen) atoms. The van der Waals surface area contributed by atoms with Gasteiger partial charge in [-0.15, -0.1) is 0 Å². The number of nitrogens with zero attached hydrogens (tertiary/aromatic N) is 2. The molecule has 0 fully saturated rings. The number of carboxylic acids is 1. The van der Waals surface area contributed by atoms with Crippen molar-refractivity contribution < 1.29 is 14.7 Å². The van der Waals surface area contributed by atoms with Crippen LogP contribution >= 0.6 is 0 Å². The first-order chi connectivity index (χ1) is 8.90. The van der Waals surface area contributed by atoms with Crippen LogP contribution in [0.1, 0.15) is 26.1 Å². The first kappa shape index (κ1) is 15.0. The molecule has 0 spiro atoms. The van der Waals surface area contributed by atoms with Gasteiger partial charge in [0.05, 0.1) is 6.54 Å². The van der Waals surface area contributed by atoms with Gasteiger partial charge in [-0.25, -0.2) is 14.6 Å². The van der Waals surface area contributed by atoms with Gasteiger partial charge in [-0.2, -0.15) is 0 Å². The summed E-state index contributed by atoms with van der Waals surface area (Å²) in [5, 5.41) is 11.6. The molecule has 1 rings (SSSR count). The van der Waals surface area contributed by atoms with Crippen LogP contribution in [0.25, 0.3) is 0 Å². The number of amides is 2. The molecule has 1 atom stereocenters. The summed E-state index contributed by atoms with van der Waals surface area (Å²) in [7, 11) is 1.59. The summed E-state index contributed by atoms with van der Waals surface area (Å²) in [6.07, 6.45) is 3.66. The van der Waals surface area contributed by atoms with E-state index in [0.29, 0.717) is 18.8 Å². The van der Waals surface area contributed by atoms with Crippen molar-refractivity contribution in [1.82, 2.24) is 20.2 Å². The third-order valence-corrected chi connectivity index (χ3v) is 2.59. The molecule has 1 aromatic heterocycles. The lowest BCUT2D eigenvalue weighted by molar-refractivity contribution is -0.139. The van der Waals surface area contributed by atoms with Crippen LogP contribution in [-0.2, 0) is 11.3 Å². The summed E-state index contributed by atoms with van der Waals surface area (Å²) in [5.41, 5.74) is 0. The average Bonchev–Trinajstić information content (AvgIpc) is 2.79. The molecule has 0 aliphatic carbocycles. The van der Waals surface area contributed by atoms with Gasteiger partial charge >= 0.3 is 12.0 Å². The Morgan fingerprint density at radius 2 is 2.21 bits per heavy atom. The summed E-state index contributed by atoms with van der Waals surface area (Å²) in [6, 6.07) is -1.30. The first-order valence-electron chi connectivity index (χ1n) is 6.12. The maximum absolute atomic E-state index is 11.9. The second kappa shape index (κ2) is 6.77. The lowest BCUT2D eigenvalue weighted by Crippen LogP contribution is -2.47. The predicted octanol–water partition coefficient (Wildman–Crippen LogP) is 1.05. The van der Waals surface area contributed by atoms with E-state index in [1.54, 1.807) is 19.4 Å². The van der Waals surface area contributed by atoms with E-state index in [1.165, 1.54) is 4.90 Å². The monoisotopic (exact) mass is 268 g/mol. The molecule has 0 bridgehead atoms. The smallest absolute Gasteiger partial charge is 0.326 e. The van der Waals surface area contributed by atoms with Gasteiger partial charge in [0.15, 0.2) is 0 Å². The molecule has 1 aromatic rings. The molecule has 1 heterocycles. The van der Waals surface area contributed by atoms with Gasteiger partial charge in [0.2, 0.25) is 0 Å². The molecule has 0 radical (unpaired) electrons. The summed E-state index contributed by atoms with van der Waals surface area (Å²) in [6.45, 7) is 4.12. The number of hydrogen-bond acceptors (Lipinski definition) is 3. The topological polar surface area (TPSA) is 98.3 Å². The van der Waals surface area contributed by atoms with E-state index < -0.39 is 18.0 Å². The molecule has 7 nitrogen and oxygen atoms in total. The Bertz CT molecular complexity index is 417. The Labute approximate surface area is 112 Å². The Kier molecular flexibility index (Phi) is 5.35. The Balaban J connectivity index is 2.53. The highest BCUT2D eigenvalue weighted by Crippen LogP contribution is 2.06. The maximum Gasteiger partial charge on any atom is 0.326 e. The van der Waals surface area contributed by atoms with Gasteiger partial charge in [-0.3, -0.25) is 0 Å². The SMILES string of the molecule is CC(C)C[C@@H](NC(=O)N(C)Cc1ncc[nH]1)C(=O)O. The number of carbonyl (C=O) groups excluding carboxylic acids is 1. The molecule has 0 saturated heterocycles. The molecule has 106 valence electrons. The van der Waals surface area contributed by atoms with Crippen molar-refractivity contribution in [2.45, 2.75) is 32.9 Å². The molecule has 3 N–H and O–H groups in total. The first-order valence-corrected chi connectivity index (χ1v) is 6.12. The van der Waals surface area contributed by atoms with Gasteiger partial charge < -0.3 is 20.3 Å². The number of aromatic nitrogens is 2. The van der Waals surface area contributed by atoms with Crippen molar-refractivity contribution in [3.63, 3.8) is 0 Å². The van der Waals surface area contributed by atoms with Crippen molar-refractivity contribution >= 4 is 12.0 Å². The summed E-state index contributed by atoms with van der Waals surface area (Å²) in [4.78, 5) is 31.2. The molecule has 0 aliphatic rings. The number of rotatable bonds is 6. The molecule has 0 aliphatic heterocycles. The minimum absolute atomic E-state index is 0.191. The minimum atomic E-state index is -1.02. The zero-order chi connectivity index (χ0) is 14.4. The molecule has 0 unspecified atom stereocenters. The lowest BCUT2D eigenvalue weighted by atomic mass is 10.0. The zero-order valence-electron chi connectivity index (χ0n) is 11.4. The van der Waals surface area contributed by atoms with Gasteiger partial charge in [0.1, 0.15) is 11.9 Å². The number of carbonyl (C=O) groups is 2. The quantitative estimate of drug-likeness (QED) is 0.718. The van der Waals surface area contributed by atoms with Crippen LogP contribution in [0.5, 0.6) is 0 Å². The van der Waals surface area contributed by atoms with E-state index in [4.69, 9.17) is 5.11 Å². The van der Waals surface area contributed by atoms with E-state index >= 15 is 0 Å². The van der Waals surface area contributed by atoms with Crippen LogP contribution in [0, 0.1) is 5.92 Å². The number of aromatic amines is 1. The Morgan fingerprint density at radius 3 is 2.68 bits per heavy atom. The number of H-pyrrole nitrogens is 1. The van der Waals surface area contributed by atoms with Gasteiger partial charge in [0, 0.05) is 19.4 Å². The van der Waals surface area contributed by atoms with Crippen LogP contribution in [0.3, 0.4) is 0 Å². The van der Waals surface area contributed by atoms with Crippen molar-refractivity contribution in [3.05, 3.63) is 18.2 Å². The summed E-state index contributed by atoms with van der Waals surface area (Å²) in [5.74, 6) is -0.182. The molecule has 2 amide bonds. The molecule has 0 aromatic carbocycles. The third kappa shape index (κ3) is 4.99. The predicted molar refractivity (Wildman–Crippen MR) is 69.5 cm³/mol. The molecular formula is C12H20N4O3. The number of urea groups is 1. The fourth-order valence-corrected chi connectivity index (χ4v) is 1.63. The van der Waals surface area contributed by atoms with E-state index in [-0.39, 0.29) is 5.92 Å². The Hall–Kier alpha value is -2.05. The zero-order valence-corrected chi connectivity index (χ0v) is 11.4. The van der Waals surface area contributed by atoms with Crippen LogP contribution in [0.2, 0.25) is 0 Å². The van der Waals surface area contributed by atoms with Crippen LogP contribution in [0.4, 0.5) is 4.79 Å². The average molecular weight is 268 g/mol. The Morgan fingerprint density at radius 1 is 1.53 bits per heavy atom. The van der Waals surface area contributed by atoms with Crippen LogP contribution < -0.4 is 5.32 Å². The maximum atomic E-state index is 11.9. The highest BCUT2D eigenvalue weighted by molar-refractivity contribution is 5.82. The second-order valence-electron chi connectivity index (χ2n) is 4.86. The fourth-order valence-electron chi connectivity index (χ4n) is 1.63.